The molecule has 2 aliphatic rings. The lowest BCUT2D eigenvalue weighted by molar-refractivity contribution is -0.182. The maximum Gasteiger partial charge on any atom is 0.391 e. The van der Waals surface area contributed by atoms with Gasteiger partial charge >= 0.3 is 6.18 Å². The van der Waals surface area contributed by atoms with Gasteiger partial charge in [0.1, 0.15) is 5.82 Å². The van der Waals surface area contributed by atoms with Crippen LogP contribution < -0.4 is 4.90 Å². The second-order valence-corrected chi connectivity index (χ2v) is 8.50. The molecule has 0 amide bonds. The zero-order chi connectivity index (χ0) is 21.6. The van der Waals surface area contributed by atoms with Crippen molar-refractivity contribution >= 4 is 16.9 Å². The minimum absolute atomic E-state index is 0.0519. The number of ether oxygens (including phenoxy) is 1. The minimum atomic E-state index is -4.11. The average molecular weight is 434 g/mol. The van der Waals surface area contributed by atoms with Crippen molar-refractivity contribution in [3.63, 3.8) is 0 Å². The first-order chi connectivity index (χ1) is 14.9. The van der Waals surface area contributed by atoms with Gasteiger partial charge in [-0.25, -0.2) is 4.98 Å². The monoisotopic (exact) mass is 434 g/mol. The molecule has 1 atom stereocenters. The molecule has 0 spiro atoms. The van der Waals surface area contributed by atoms with Crippen LogP contribution in [0.5, 0.6) is 0 Å². The van der Waals surface area contributed by atoms with E-state index in [0.717, 1.165) is 23.3 Å². The molecule has 0 aromatic carbocycles. The minimum Gasteiger partial charge on any atom is -0.377 e. The van der Waals surface area contributed by atoms with Crippen LogP contribution in [0.4, 0.5) is 19.0 Å². The third-order valence-corrected chi connectivity index (χ3v) is 6.55. The zero-order valence-corrected chi connectivity index (χ0v) is 17.3. The molecule has 1 aliphatic heterocycles. The van der Waals surface area contributed by atoms with E-state index in [1.165, 1.54) is 0 Å². The number of hydrogen-bond donors (Lipinski definition) is 1. The van der Waals surface area contributed by atoms with Crippen LogP contribution in [0.1, 0.15) is 44.1 Å². The molecule has 5 rings (SSSR count). The highest BCUT2D eigenvalue weighted by atomic mass is 19.4. The highest BCUT2D eigenvalue weighted by Gasteiger charge is 2.42. The highest BCUT2D eigenvalue weighted by Crippen LogP contribution is 2.45. The van der Waals surface area contributed by atoms with Gasteiger partial charge in [0, 0.05) is 24.2 Å². The van der Waals surface area contributed by atoms with Crippen LogP contribution in [-0.2, 0) is 4.74 Å². The molecule has 1 saturated carbocycles. The number of halogens is 3. The Labute approximate surface area is 177 Å². The average Bonchev–Trinajstić information content (AvgIpc) is 3.42. The van der Waals surface area contributed by atoms with E-state index in [0.29, 0.717) is 37.5 Å². The number of nitrogens with one attached hydrogen (secondary N) is 1. The van der Waals surface area contributed by atoms with Gasteiger partial charge in [0.25, 0.3) is 0 Å². The molecule has 2 fully saturated rings. The van der Waals surface area contributed by atoms with Crippen molar-refractivity contribution in [2.24, 2.45) is 5.92 Å². The van der Waals surface area contributed by atoms with Crippen LogP contribution in [0.25, 0.3) is 16.9 Å². The van der Waals surface area contributed by atoms with Crippen molar-refractivity contribution in [1.29, 1.82) is 0 Å². The molecule has 7 nitrogen and oxygen atoms in total. The molecule has 0 radical (unpaired) electrons. The summed E-state index contributed by atoms with van der Waals surface area (Å²) in [5, 5.41) is 12.4. The fourth-order valence-electron chi connectivity index (χ4n) is 4.83. The fraction of sp³-hybridized carbons (Fsp3) is 0.571. The van der Waals surface area contributed by atoms with E-state index in [2.05, 4.69) is 33.2 Å². The smallest absolute Gasteiger partial charge is 0.377 e. The number of alkyl halides is 3. The molecule has 1 saturated heterocycles. The van der Waals surface area contributed by atoms with E-state index < -0.39 is 12.1 Å². The number of anilines is 1. The Balaban J connectivity index is 1.57. The molecule has 31 heavy (non-hydrogen) atoms. The van der Waals surface area contributed by atoms with Crippen molar-refractivity contribution in [1.82, 2.24) is 25.0 Å². The lowest BCUT2D eigenvalue weighted by Crippen LogP contribution is -2.44. The second-order valence-electron chi connectivity index (χ2n) is 8.50. The van der Waals surface area contributed by atoms with E-state index in [9.17, 15) is 13.2 Å². The summed E-state index contributed by atoms with van der Waals surface area (Å²) < 4.78 is 46.8. The normalized spacial score (nSPS) is 25.3. The Hall–Kier alpha value is -2.62. The first kappa shape index (κ1) is 20.3. The van der Waals surface area contributed by atoms with Gasteiger partial charge in [0.15, 0.2) is 11.5 Å². The lowest BCUT2D eigenvalue weighted by atomic mass is 9.78. The SMILES string of the molecule is C[C@@H]1COCCN1c1cc([C@H]2CC[C@@H](C(F)(F)F)CC2)c2cnn(-c3cc[nH]n3)c2n1. The maximum absolute atomic E-state index is 13.2. The number of aromatic amines is 1. The summed E-state index contributed by atoms with van der Waals surface area (Å²) in [6.07, 6.45) is 0.704. The van der Waals surface area contributed by atoms with E-state index in [4.69, 9.17) is 9.72 Å². The van der Waals surface area contributed by atoms with Gasteiger partial charge in [-0.3, -0.25) is 5.10 Å². The molecule has 1 aliphatic carbocycles. The Kier molecular flexibility index (Phi) is 5.11. The molecule has 0 unspecified atom stereocenters. The Morgan fingerprint density at radius 2 is 1.97 bits per heavy atom. The number of pyridine rings is 1. The number of nitrogens with zero attached hydrogens (tertiary/aromatic N) is 5. The van der Waals surface area contributed by atoms with Crippen molar-refractivity contribution in [3.05, 3.63) is 30.1 Å². The second kappa shape index (κ2) is 7.81. The summed E-state index contributed by atoms with van der Waals surface area (Å²) in [5.74, 6) is 0.289. The number of fused-ring (bicyclic) bond motifs is 1. The summed E-state index contributed by atoms with van der Waals surface area (Å²) in [7, 11) is 0. The van der Waals surface area contributed by atoms with E-state index in [1.807, 2.05) is 6.07 Å². The largest absolute Gasteiger partial charge is 0.391 e. The lowest BCUT2D eigenvalue weighted by Gasteiger charge is -2.35. The fourth-order valence-corrected chi connectivity index (χ4v) is 4.83. The van der Waals surface area contributed by atoms with Gasteiger partial charge < -0.3 is 9.64 Å². The Morgan fingerprint density at radius 3 is 2.65 bits per heavy atom. The molecule has 1 N–H and O–H groups in total. The first-order valence-electron chi connectivity index (χ1n) is 10.7. The zero-order valence-electron chi connectivity index (χ0n) is 17.3. The summed E-state index contributed by atoms with van der Waals surface area (Å²) in [6.45, 7) is 4.04. The number of aromatic nitrogens is 5. The standard InChI is InChI=1S/C21H25F3N6O/c1-13-12-31-9-8-29(13)19-10-16(14-2-4-15(5-3-14)21(22,23)24)17-11-26-30(20(17)27-19)18-6-7-25-28-18/h6-7,10-11,13-15H,2-5,8-9,12H2,1H3,(H,25,28)/t13-,14-,15+/m1/s1. The van der Waals surface area contributed by atoms with Crippen molar-refractivity contribution in [2.75, 3.05) is 24.7 Å². The summed E-state index contributed by atoms with van der Waals surface area (Å²) in [6, 6.07) is 4.03. The van der Waals surface area contributed by atoms with Crippen LogP contribution in [0.2, 0.25) is 0 Å². The molecule has 166 valence electrons. The predicted octanol–water partition coefficient (Wildman–Crippen LogP) is 4.20. The van der Waals surface area contributed by atoms with Gasteiger partial charge in [-0.15, -0.1) is 0 Å². The van der Waals surface area contributed by atoms with Gasteiger partial charge in [0.2, 0.25) is 0 Å². The third-order valence-electron chi connectivity index (χ3n) is 6.55. The molecule has 10 heteroatoms. The van der Waals surface area contributed by atoms with Crippen LogP contribution in [0, 0.1) is 5.92 Å². The number of hydrogen-bond acceptors (Lipinski definition) is 5. The van der Waals surface area contributed by atoms with Crippen molar-refractivity contribution < 1.29 is 17.9 Å². The van der Waals surface area contributed by atoms with Crippen LogP contribution in [0.3, 0.4) is 0 Å². The summed E-state index contributed by atoms with van der Waals surface area (Å²) in [5.41, 5.74) is 1.71. The molecular formula is C21H25F3N6O. The van der Waals surface area contributed by atoms with Crippen molar-refractivity contribution in [3.8, 4) is 5.82 Å². The molecular weight excluding hydrogens is 409 g/mol. The molecule has 3 aromatic heterocycles. The third kappa shape index (κ3) is 3.77. The van der Waals surface area contributed by atoms with Crippen molar-refractivity contribution in [2.45, 2.75) is 50.7 Å². The first-order valence-corrected chi connectivity index (χ1v) is 10.7. The molecule has 3 aromatic rings. The highest BCUT2D eigenvalue weighted by molar-refractivity contribution is 5.83. The molecule has 0 bridgehead atoms. The van der Waals surface area contributed by atoms with Gasteiger partial charge in [0.05, 0.1) is 31.4 Å². The Morgan fingerprint density at radius 1 is 1.16 bits per heavy atom. The van der Waals surface area contributed by atoms with Gasteiger partial charge in [-0.2, -0.15) is 28.1 Å². The molecule has 4 heterocycles. The van der Waals surface area contributed by atoms with Crippen LogP contribution >= 0.6 is 0 Å². The van der Waals surface area contributed by atoms with E-state index in [-0.39, 0.29) is 24.8 Å². The Bertz CT molecular complexity index is 1040. The van der Waals surface area contributed by atoms with Gasteiger partial charge in [-0.05, 0) is 50.2 Å². The number of morpholine rings is 1. The maximum atomic E-state index is 13.2. The van der Waals surface area contributed by atoms with Gasteiger partial charge in [-0.1, -0.05) is 0 Å². The van der Waals surface area contributed by atoms with Crippen LogP contribution in [-0.4, -0.2) is 56.9 Å². The number of H-pyrrole nitrogens is 1. The summed E-state index contributed by atoms with van der Waals surface area (Å²) >= 11 is 0. The predicted molar refractivity (Wildman–Crippen MR) is 109 cm³/mol. The number of rotatable bonds is 3. The summed E-state index contributed by atoms with van der Waals surface area (Å²) in [4.78, 5) is 7.12. The van der Waals surface area contributed by atoms with E-state index in [1.54, 1.807) is 17.1 Å². The van der Waals surface area contributed by atoms with E-state index >= 15 is 0 Å². The van der Waals surface area contributed by atoms with Crippen LogP contribution in [0.15, 0.2) is 24.5 Å². The quantitative estimate of drug-likeness (QED) is 0.669. The topological polar surface area (TPSA) is 71.9 Å².